The normalized spacial score (nSPS) is 19.1. The minimum absolute atomic E-state index is 0.0178. The van der Waals surface area contributed by atoms with Crippen LogP contribution in [0.1, 0.15) is 24.2 Å². The SMILES string of the molecule is Cc1cc(C)n(-c2ccc(N3CCCC(C(=O)N4CCN(c5ncccn5)CC4)C3)nn2)n1. The van der Waals surface area contributed by atoms with Crippen LogP contribution >= 0.6 is 0 Å². The second-order valence-electron chi connectivity index (χ2n) is 8.73. The predicted octanol–water partition coefficient (Wildman–Crippen LogP) is 1.63. The zero-order valence-corrected chi connectivity index (χ0v) is 19.1. The van der Waals surface area contributed by atoms with Crippen molar-refractivity contribution >= 4 is 17.7 Å². The largest absolute Gasteiger partial charge is 0.354 e. The lowest BCUT2D eigenvalue weighted by atomic mass is 9.96. The molecule has 3 aromatic heterocycles. The van der Waals surface area contributed by atoms with Crippen molar-refractivity contribution in [2.24, 2.45) is 5.92 Å². The Morgan fingerprint density at radius 2 is 1.67 bits per heavy atom. The zero-order valence-electron chi connectivity index (χ0n) is 19.1. The van der Waals surface area contributed by atoms with E-state index in [0.29, 0.717) is 25.5 Å². The zero-order chi connectivity index (χ0) is 22.8. The van der Waals surface area contributed by atoms with Gasteiger partial charge in [-0.1, -0.05) is 0 Å². The molecule has 10 nitrogen and oxygen atoms in total. The van der Waals surface area contributed by atoms with E-state index in [2.05, 4.69) is 35.1 Å². The minimum atomic E-state index is -0.0178. The lowest BCUT2D eigenvalue weighted by molar-refractivity contribution is -0.136. The first-order chi connectivity index (χ1) is 16.1. The fourth-order valence-corrected chi connectivity index (χ4v) is 4.69. The van der Waals surface area contributed by atoms with E-state index >= 15 is 0 Å². The molecular formula is C23H29N9O. The van der Waals surface area contributed by atoms with Crippen LogP contribution in [0.2, 0.25) is 0 Å². The highest BCUT2D eigenvalue weighted by Gasteiger charge is 2.32. The average Bonchev–Trinajstić information content (AvgIpc) is 3.22. The lowest BCUT2D eigenvalue weighted by Crippen LogP contribution is -2.53. The van der Waals surface area contributed by atoms with Crippen LogP contribution in [0.15, 0.2) is 36.7 Å². The molecule has 0 radical (unpaired) electrons. The molecule has 1 unspecified atom stereocenters. The first-order valence-corrected chi connectivity index (χ1v) is 11.5. The van der Waals surface area contributed by atoms with Crippen molar-refractivity contribution in [2.75, 3.05) is 49.1 Å². The molecule has 0 aromatic carbocycles. The Hall–Kier alpha value is -3.56. The summed E-state index contributed by atoms with van der Waals surface area (Å²) < 4.78 is 1.80. The fraction of sp³-hybridized carbons (Fsp3) is 0.478. The molecule has 0 bridgehead atoms. The van der Waals surface area contributed by atoms with Crippen molar-refractivity contribution < 1.29 is 4.79 Å². The molecule has 0 saturated carbocycles. The van der Waals surface area contributed by atoms with Gasteiger partial charge in [-0.25, -0.2) is 14.6 Å². The topological polar surface area (TPSA) is 96.2 Å². The van der Waals surface area contributed by atoms with E-state index in [4.69, 9.17) is 0 Å². The van der Waals surface area contributed by atoms with E-state index in [1.807, 2.05) is 43.0 Å². The van der Waals surface area contributed by atoms with Gasteiger partial charge in [0.2, 0.25) is 11.9 Å². The van der Waals surface area contributed by atoms with Crippen molar-refractivity contribution in [1.82, 2.24) is 34.8 Å². The number of carbonyl (C=O) groups excluding carboxylic acids is 1. The Morgan fingerprint density at radius 1 is 0.939 bits per heavy atom. The van der Waals surface area contributed by atoms with Crippen molar-refractivity contribution in [1.29, 1.82) is 0 Å². The number of piperazine rings is 1. The highest BCUT2D eigenvalue weighted by atomic mass is 16.2. The number of aromatic nitrogens is 6. The highest BCUT2D eigenvalue weighted by Crippen LogP contribution is 2.24. The van der Waals surface area contributed by atoms with E-state index in [0.717, 1.165) is 55.6 Å². The molecule has 0 spiro atoms. The summed E-state index contributed by atoms with van der Waals surface area (Å²) in [6, 6.07) is 7.75. The molecule has 0 N–H and O–H groups in total. The quantitative estimate of drug-likeness (QED) is 0.596. The Labute approximate surface area is 193 Å². The Bertz CT molecular complexity index is 1090. The van der Waals surface area contributed by atoms with Crippen LogP contribution in [0.3, 0.4) is 0 Å². The summed E-state index contributed by atoms with van der Waals surface area (Å²) in [7, 11) is 0. The summed E-state index contributed by atoms with van der Waals surface area (Å²) in [5.74, 6) is 2.46. The number of hydrogen-bond acceptors (Lipinski definition) is 8. The van der Waals surface area contributed by atoms with Gasteiger partial charge in [-0.15, -0.1) is 10.2 Å². The number of piperidine rings is 1. The number of hydrogen-bond donors (Lipinski definition) is 0. The molecule has 2 saturated heterocycles. The molecule has 33 heavy (non-hydrogen) atoms. The molecule has 1 amide bonds. The number of amides is 1. The number of carbonyl (C=O) groups is 1. The Morgan fingerprint density at radius 3 is 2.33 bits per heavy atom. The van der Waals surface area contributed by atoms with Gasteiger partial charge < -0.3 is 14.7 Å². The number of nitrogens with zero attached hydrogens (tertiary/aromatic N) is 9. The van der Waals surface area contributed by atoms with E-state index in [-0.39, 0.29) is 11.8 Å². The third kappa shape index (κ3) is 4.50. The third-order valence-corrected chi connectivity index (χ3v) is 6.38. The molecule has 0 aliphatic carbocycles. The second-order valence-corrected chi connectivity index (χ2v) is 8.73. The van der Waals surface area contributed by atoms with E-state index in [1.165, 1.54) is 0 Å². The summed E-state index contributed by atoms with van der Waals surface area (Å²) in [5, 5.41) is 13.3. The fourth-order valence-electron chi connectivity index (χ4n) is 4.69. The van der Waals surface area contributed by atoms with Gasteiger partial charge in [-0.05, 0) is 51.0 Å². The standard InChI is InChI=1S/C23H29N9O/c1-17-15-18(2)32(28-17)21-7-6-20(26-27-21)31-10-3-5-19(16-31)22(33)29-11-13-30(14-12-29)23-24-8-4-9-25-23/h4,6-9,15,19H,3,5,10-14,16H2,1-2H3. The summed E-state index contributed by atoms with van der Waals surface area (Å²) in [4.78, 5) is 28.2. The minimum Gasteiger partial charge on any atom is -0.354 e. The molecule has 172 valence electrons. The van der Waals surface area contributed by atoms with E-state index in [1.54, 1.807) is 17.1 Å². The maximum Gasteiger partial charge on any atom is 0.227 e. The summed E-state index contributed by atoms with van der Waals surface area (Å²) in [5.41, 5.74) is 1.98. The Kier molecular flexibility index (Phi) is 5.89. The molecular weight excluding hydrogens is 418 g/mol. The Balaban J connectivity index is 1.20. The lowest BCUT2D eigenvalue weighted by Gasteiger charge is -2.39. The van der Waals surface area contributed by atoms with E-state index in [9.17, 15) is 4.79 Å². The van der Waals surface area contributed by atoms with Gasteiger partial charge in [-0.2, -0.15) is 5.10 Å². The monoisotopic (exact) mass is 447 g/mol. The molecule has 2 fully saturated rings. The molecule has 3 aromatic rings. The van der Waals surface area contributed by atoms with Crippen LogP contribution in [-0.2, 0) is 4.79 Å². The van der Waals surface area contributed by atoms with Gasteiger partial charge in [0.15, 0.2) is 11.6 Å². The van der Waals surface area contributed by atoms with Gasteiger partial charge in [0.05, 0.1) is 11.6 Å². The van der Waals surface area contributed by atoms with Gasteiger partial charge >= 0.3 is 0 Å². The predicted molar refractivity (Wildman–Crippen MR) is 124 cm³/mol. The van der Waals surface area contributed by atoms with Crippen LogP contribution in [0.25, 0.3) is 5.82 Å². The van der Waals surface area contributed by atoms with Crippen LogP contribution in [0.4, 0.5) is 11.8 Å². The highest BCUT2D eigenvalue weighted by molar-refractivity contribution is 5.80. The maximum atomic E-state index is 13.3. The van der Waals surface area contributed by atoms with Gasteiger partial charge in [0.25, 0.3) is 0 Å². The average molecular weight is 448 g/mol. The van der Waals surface area contributed by atoms with Gasteiger partial charge in [0.1, 0.15) is 0 Å². The molecule has 5 heterocycles. The van der Waals surface area contributed by atoms with Crippen molar-refractivity contribution in [3.05, 3.63) is 48.0 Å². The van der Waals surface area contributed by atoms with Crippen molar-refractivity contribution in [2.45, 2.75) is 26.7 Å². The van der Waals surface area contributed by atoms with Crippen molar-refractivity contribution in [3.63, 3.8) is 0 Å². The number of aryl methyl sites for hydroxylation is 2. The summed E-state index contributed by atoms with van der Waals surface area (Å²) >= 11 is 0. The second kappa shape index (κ2) is 9.13. The van der Waals surface area contributed by atoms with Gasteiger partial charge in [0, 0.05) is 57.4 Å². The summed E-state index contributed by atoms with van der Waals surface area (Å²) in [6.07, 6.45) is 5.38. The first-order valence-electron chi connectivity index (χ1n) is 11.5. The summed E-state index contributed by atoms with van der Waals surface area (Å²) in [6.45, 7) is 8.44. The smallest absolute Gasteiger partial charge is 0.227 e. The van der Waals surface area contributed by atoms with Crippen molar-refractivity contribution in [3.8, 4) is 5.82 Å². The number of rotatable bonds is 4. The first kappa shape index (κ1) is 21.3. The maximum absolute atomic E-state index is 13.3. The van der Waals surface area contributed by atoms with Crippen LogP contribution in [-0.4, -0.2) is 80.0 Å². The number of anilines is 2. The van der Waals surface area contributed by atoms with Crippen LogP contribution in [0.5, 0.6) is 0 Å². The molecule has 2 aliphatic heterocycles. The molecule has 1 atom stereocenters. The molecule has 10 heteroatoms. The van der Waals surface area contributed by atoms with Gasteiger partial charge in [-0.3, -0.25) is 4.79 Å². The van der Waals surface area contributed by atoms with E-state index < -0.39 is 0 Å². The molecule has 2 aliphatic rings. The van der Waals surface area contributed by atoms with Crippen LogP contribution in [0, 0.1) is 19.8 Å². The van der Waals surface area contributed by atoms with Crippen LogP contribution < -0.4 is 9.80 Å². The third-order valence-electron chi connectivity index (χ3n) is 6.38. The molecule has 5 rings (SSSR count).